The molecule has 4 heteroatoms. The van der Waals surface area contributed by atoms with E-state index < -0.39 is 5.91 Å². The second-order valence-corrected chi connectivity index (χ2v) is 3.90. The molecule has 0 N–H and O–H groups in total. The van der Waals surface area contributed by atoms with Gasteiger partial charge in [0.25, 0.3) is 5.91 Å². The molecule has 1 aromatic rings. The van der Waals surface area contributed by atoms with Gasteiger partial charge in [-0.3, -0.25) is 9.59 Å². The van der Waals surface area contributed by atoms with Crippen LogP contribution in [0.25, 0.3) is 0 Å². The minimum Gasteiger partial charge on any atom is -0.306 e. The van der Waals surface area contributed by atoms with Crippen LogP contribution in [0.5, 0.6) is 0 Å². The number of benzene rings is 1. The van der Waals surface area contributed by atoms with Gasteiger partial charge in [0.2, 0.25) is 5.78 Å². The van der Waals surface area contributed by atoms with E-state index in [0.29, 0.717) is 18.0 Å². The SMILES string of the molecule is O=C1CCCN(c2ccc(Cl)cc2)C1=O. The summed E-state index contributed by atoms with van der Waals surface area (Å²) in [6.07, 6.45) is 1.09. The van der Waals surface area contributed by atoms with E-state index in [9.17, 15) is 9.59 Å². The van der Waals surface area contributed by atoms with E-state index in [4.69, 9.17) is 11.6 Å². The lowest BCUT2D eigenvalue weighted by molar-refractivity contribution is -0.137. The fraction of sp³-hybridized carbons (Fsp3) is 0.273. The summed E-state index contributed by atoms with van der Waals surface area (Å²) in [5, 5.41) is 0.620. The highest BCUT2D eigenvalue weighted by Gasteiger charge is 2.26. The summed E-state index contributed by atoms with van der Waals surface area (Å²) in [4.78, 5) is 24.3. The van der Waals surface area contributed by atoms with Crippen molar-refractivity contribution in [3.05, 3.63) is 29.3 Å². The molecule has 0 radical (unpaired) electrons. The van der Waals surface area contributed by atoms with E-state index in [1.165, 1.54) is 4.90 Å². The summed E-state index contributed by atoms with van der Waals surface area (Å²) in [7, 11) is 0. The third-order valence-corrected chi connectivity index (χ3v) is 2.66. The van der Waals surface area contributed by atoms with Crippen molar-refractivity contribution in [3.8, 4) is 0 Å². The van der Waals surface area contributed by atoms with Crippen LogP contribution in [0.15, 0.2) is 24.3 Å². The second kappa shape index (κ2) is 4.03. The van der Waals surface area contributed by atoms with E-state index in [1.807, 2.05) is 0 Å². The fourth-order valence-electron chi connectivity index (χ4n) is 1.62. The van der Waals surface area contributed by atoms with Crippen molar-refractivity contribution < 1.29 is 9.59 Å². The van der Waals surface area contributed by atoms with E-state index in [1.54, 1.807) is 24.3 Å². The number of hydrogen-bond acceptors (Lipinski definition) is 2. The Balaban J connectivity index is 2.26. The molecule has 1 fully saturated rings. The maximum Gasteiger partial charge on any atom is 0.294 e. The summed E-state index contributed by atoms with van der Waals surface area (Å²) >= 11 is 5.75. The van der Waals surface area contributed by atoms with Gasteiger partial charge in [-0.2, -0.15) is 0 Å². The Morgan fingerprint density at radius 3 is 2.47 bits per heavy atom. The van der Waals surface area contributed by atoms with E-state index in [0.717, 1.165) is 12.1 Å². The van der Waals surface area contributed by atoms with Crippen LogP contribution in [0.4, 0.5) is 5.69 Å². The molecular formula is C11H10ClNO2. The Hall–Kier alpha value is -1.35. The Morgan fingerprint density at radius 1 is 1.13 bits per heavy atom. The van der Waals surface area contributed by atoms with Crippen LogP contribution in [0.1, 0.15) is 12.8 Å². The first-order valence-electron chi connectivity index (χ1n) is 4.79. The van der Waals surface area contributed by atoms with Gasteiger partial charge in [-0.05, 0) is 30.7 Å². The van der Waals surface area contributed by atoms with Crippen LogP contribution in [0, 0.1) is 0 Å². The maximum atomic E-state index is 11.6. The molecule has 0 atom stereocenters. The van der Waals surface area contributed by atoms with Gasteiger partial charge in [0, 0.05) is 23.7 Å². The molecule has 0 aromatic heterocycles. The van der Waals surface area contributed by atoms with E-state index >= 15 is 0 Å². The summed E-state index contributed by atoms with van der Waals surface area (Å²) in [6.45, 7) is 0.603. The standard InChI is InChI=1S/C11H10ClNO2/c12-8-3-5-9(6-4-8)13-7-1-2-10(14)11(13)15/h3-6H,1-2,7H2. The summed E-state index contributed by atoms with van der Waals surface area (Å²) < 4.78 is 0. The molecule has 2 rings (SSSR count). The number of Topliss-reactive ketones (excluding diaryl/α,β-unsaturated/α-hetero) is 1. The molecule has 1 aromatic carbocycles. The zero-order valence-corrected chi connectivity index (χ0v) is 8.83. The van der Waals surface area contributed by atoms with Gasteiger partial charge in [0.05, 0.1) is 0 Å². The number of piperidine rings is 1. The molecule has 1 aliphatic heterocycles. The quantitative estimate of drug-likeness (QED) is 0.684. The molecule has 0 aliphatic carbocycles. The van der Waals surface area contributed by atoms with Gasteiger partial charge in [0.15, 0.2) is 0 Å². The zero-order valence-electron chi connectivity index (χ0n) is 8.07. The number of anilines is 1. The van der Waals surface area contributed by atoms with Crippen molar-refractivity contribution in [2.75, 3.05) is 11.4 Å². The van der Waals surface area contributed by atoms with E-state index in [2.05, 4.69) is 0 Å². The summed E-state index contributed by atoms with van der Waals surface area (Å²) in [5.41, 5.74) is 0.734. The van der Waals surface area contributed by atoms with Crippen molar-refractivity contribution >= 4 is 29.0 Å². The number of amides is 1. The first kappa shape index (κ1) is 10.2. The number of carbonyl (C=O) groups is 2. The number of nitrogens with zero attached hydrogens (tertiary/aromatic N) is 1. The minimum atomic E-state index is -0.413. The Morgan fingerprint density at radius 2 is 1.80 bits per heavy atom. The lowest BCUT2D eigenvalue weighted by atomic mass is 10.1. The van der Waals surface area contributed by atoms with Crippen molar-refractivity contribution in [2.45, 2.75) is 12.8 Å². The number of rotatable bonds is 1. The molecule has 15 heavy (non-hydrogen) atoms. The van der Waals surface area contributed by atoms with Crippen molar-refractivity contribution in [1.29, 1.82) is 0 Å². The highest BCUT2D eigenvalue weighted by molar-refractivity contribution is 6.42. The van der Waals surface area contributed by atoms with Crippen molar-refractivity contribution in [2.24, 2.45) is 0 Å². The van der Waals surface area contributed by atoms with E-state index in [-0.39, 0.29) is 5.78 Å². The molecule has 0 unspecified atom stereocenters. The maximum absolute atomic E-state index is 11.6. The smallest absolute Gasteiger partial charge is 0.294 e. The van der Waals surface area contributed by atoms with Gasteiger partial charge >= 0.3 is 0 Å². The highest BCUT2D eigenvalue weighted by atomic mass is 35.5. The van der Waals surface area contributed by atoms with Gasteiger partial charge < -0.3 is 4.90 Å². The zero-order chi connectivity index (χ0) is 10.8. The molecular weight excluding hydrogens is 214 g/mol. The molecule has 1 heterocycles. The Kier molecular flexibility index (Phi) is 2.73. The molecule has 1 amide bonds. The van der Waals surface area contributed by atoms with Crippen LogP contribution in [0.3, 0.4) is 0 Å². The van der Waals surface area contributed by atoms with Gasteiger partial charge in [-0.25, -0.2) is 0 Å². The van der Waals surface area contributed by atoms with Crippen molar-refractivity contribution in [3.63, 3.8) is 0 Å². The average Bonchev–Trinajstić information content (AvgIpc) is 2.24. The van der Waals surface area contributed by atoms with Crippen LogP contribution >= 0.6 is 11.6 Å². The molecule has 0 bridgehead atoms. The first-order chi connectivity index (χ1) is 7.18. The number of carbonyl (C=O) groups excluding carboxylic acids is 2. The normalized spacial score (nSPS) is 17.0. The van der Waals surface area contributed by atoms with Gasteiger partial charge in [-0.15, -0.1) is 0 Å². The highest BCUT2D eigenvalue weighted by Crippen LogP contribution is 2.21. The summed E-state index contributed by atoms with van der Waals surface area (Å²) in [6, 6.07) is 6.92. The molecule has 3 nitrogen and oxygen atoms in total. The fourth-order valence-corrected chi connectivity index (χ4v) is 1.75. The molecule has 1 aliphatic rings. The van der Waals surface area contributed by atoms with Crippen molar-refractivity contribution in [1.82, 2.24) is 0 Å². The third kappa shape index (κ3) is 2.02. The lowest BCUT2D eigenvalue weighted by Gasteiger charge is -2.25. The van der Waals surface area contributed by atoms with Crippen LogP contribution in [-0.2, 0) is 9.59 Å². The van der Waals surface area contributed by atoms with Crippen LogP contribution < -0.4 is 4.90 Å². The molecule has 0 saturated carbocycles. The van der Waals surface area contributed by atoms with Crippen LogP contribution in [0.2, 0.25) is 5.02 Å². The number of ketones is 1. The predicted molar refractivity (Wildman–Crippen MR) is 58.0 cm³/mol. The second-order valence-electron chi connectivity index (χ2n) is 3.46. The first-order valence-corrected chi connectivity index (χ1v) is 5.16. The van der Waals surface area contributed by atoms with Gasteiger partial charge in [-0.1, -0.05) is 11.6 Å². The van der Waals surface area contributed by atoms with Crippen LogP contribution in [-0.4, -0.2) is 18.2 Å². The Labute approximate surface area is 92.6 Å². The lowest BCUT2D eigenvalue weighted by Crippen LogP contribution is -2.41. The third-order valence-electron chi connectivity index (χ3n) is 2.41. The number of halogens is 1. The summed E-state index contributed by atoms with van der Waals surface area (Å²) in [5.74, 6) is -0.722. The Bertz CT molecular complexity index is 400. The average molecular weight is 224 g/mol. The largest absolute Gasteiger partial charge is 0.306 e. The monoisotopic (exact) mass is 223 g/mol. The predicted octanol–water partition coefficient (Wildman–Crippen LogP) is 2.04. The molecule has 1 saturated heterocycles. The molecule has 0 spiro atoms. The minimum absolute atomic E-state index is 0.309. The topological polar surface area (TPSA) is 37.4 Å². The molecule has 78 valence electrons. The number of hydrogen-bond donors (Lipinski definition) is 0. The van der Waals surface area contributed by atoms with Gasteiger partial charge in [0.1, 0.15) is 0 Å².